The Balaban J connectivity index is 1.53. The first-order chi connectivity index (χ1) is 15.1. The van der Waals surface area contributed by atoms with Gasteiger partial charge in [0.05, 0.1) is 12.8 Å². The summed E-state index contributed by atoms with van der Waals surface area (Å²) in [6, 6.07) is 13.0. The lowest BCUT2D eigenvalue weighted by Crippen LogP contribution is -2.30. The number of aromatic nitrogens is 2. The molecule has 4 rings (SSSR count). The molecular formula is C24H27N5O2. The van der Waals surface area contributed by atoms with Crippen LogP contribution in [0, 0.1) is 6.92 Å². The molecule has 0 saturated carbocycles. The second-order valence-electron chi connectivity index (χ2n) is 7.64. The highest BCUT2D eigenvalue weighted by molar-refractivity contribution is 6.01. The molecule has 2 aromatic carbocycles. The second-order valence-corrected chi connectivity index (χ2v) is 7.64. The molecule has 2 amide bonds. The van der Waals surface area contributed by atoms with Crippen LogP contribution in [0.15, 0.2) is 54.9 Å². The molecule has 0 atom stereocenters. The molecule has 1 aromatic heterocycles. The molecule has 0 spiro atoms. The summed E-state index contributed by atoms with van der Waals surface area (Å²) in [7, 11) is 1.58. The summed E-state index contributed by atoms with van der Waals surface area (Å²) in [5.41, 5.74) is 4.08. The lowest BCUT2D eigenvalue weighted by Gasteiger charge is -2.28. The highest BCUT2D eigenvalue weighted by atomic mass is 16.5. The van der Waals surface area contributed by atoms with Gasteiger partial charge in [-0.3, -0.25) is 4.98 Å². The van der Waals surface area contributed by atoms with E-state index in [0.29, 0.717) is 17.1 Å². The molecule has 7 nitrogen and oxygen atoms in total. The molecule has 1 saturated heterocycles. The van der Waals surface area contributed by atoms with Crippen molar-refractivity contribution in [2.24, 2.45) is 0 Å². The van der Waals surface area contributed by atoms with Crippen molar-refractivity contribution in [3.8, 4) is 17.0 Å². The molecule has 2 heterocycles. The topological polar surface area (TPSA) is 79.4 Å². The number of aryl methyl sites for hydroxylation is 1. The number of rotatable bonds is 5. The third-order valence-corrected chi connectivity index (χ3v) is 5.33. The SMILES string of the molecule is COc1ccc(C)cc1NC(=O)Nc1cccc(-c2nccnc2N2CCCCC2)c1. The first-order valence-corrected chi connectivity index (χ1v) is 10.5. The number of piperidine rings is 1. The molecule has 0 bridgehead atoms. The maximum Gasteiger partial charge on any atom is 0.323 e. The van der Waals surface area contributed by atoms with E-state index in [1.54, 1.807) is 19.5 Å². The Hall–Kier alpha value is -3.61. The maximum atomic E-state index is 12.6. The molecule has 0 aliphatic carbocycles. The fourth-order valence-corrected chi connectivity index (χ4v) is 3.82. The Labute approximate surface area is 182 Å². The molecule has 0 radical (unpaired) electrons. The normalized spacial score (nSPS) is 13.5. The number of urea groups is 1. The first kappa shape index (κ1) is 20.7. The highest BCUT2D eigenvalue weighted by Crippen LogP contribution is 2.30. The number of benzene rings is 2. The van der Waals surface area contributed by atoms with Crippen molar-refractivity contribution in [3.63, 3.8) is 0 Å². The minimum atomic E-state index is -0.337. The van der Waals surface area contributed by atoms with Crippen molar-refractivity contribution >= 4 is 23.2 Å². The van der Waals surface area contributed by atoms with E-state index in [4.69, 9.17) is 4.74 Å². The minimum absolute atomic E-state index is 0.337. The highest BCUT2D eigenvalue weighted by Gasteiger charge is 2.18. The number of nitrogens with zero attached hydrogens (tertiary/aromatic N) is 3. The number of carbonyl (C=O) groups excluding carboxylic acids is 1. The average Bonchev–Trinajstić information content (AvgIpc) is 2.80. The summed E-state index contributed by atoms with van der Waals surface area (Å²) in [6.07, 6.45) is 7.03. The summed E-state index contributed by atoms with van der Waals surface area (Å²) in [5.74, 6) is 1.51. The average molecular weight is 418 g/mol. The van der Waals surface area contributed by atoms with Gasteiger partial charge in [-0.05, 0) is 56.0 Å². The Kier molecular flexibility index (Phi) is 6.31. The van der Waals surface area contributed by atoms with Crippen molar-refractivity contribution in [2.45, 2.75) is 26.2 Å². The van der Waals surface area contributed by atoms with Gasteiger partial charge < -0.3 is 20.3 Å². The molecule has 0 unspecified atom stereocenters. The smallest absolute Gasteiger partial charge is 0.323 e. The van der Waals surface area contributed by atoms with Gasteiger partial charge in [0, 0.05) is 36.7 Å². The summed E-state index contributed by atoms with van der Waals surface area (Å²) in [6.45, 7) is 3.95. The standard InChI is InChI=1S/C24H27N5O2/c1-17-9-10-21(31-2)20(15-17)28-24(30)27-19-8-6-7-18(16-19)22-23(26-12-11-25-22)29-13-4-3-5-14-29/h6-12,15-16H,3-5,13-14H2,1-2H3,(H2,27,28,30). The largest absolute Gasteiger partial charge is 0.495 e. The van der Waals surface area contributed by atoms with Gasteiger partial charge in [-0.2, -0.15) is 0 Å². The van der Waals surface area contributed by atoms with Crippen LogP contribution in [0.1, 0.15) is 24.8 Å². The van der Waals surface area contributed by atoms with E-state index in [0.717, 1.165) is 35.7 Å². The van der Waals surface area contributed by atoms with Crippen LogP contribution in [0.4, 0.5) is 22.0 Å². The fraction of sp³-hybridized carbons (Fsp3) is 0.292. The van der Waals surface area contributed by atoms with Crippen molar-refractivity contribution in [1.29, 1.82) is 0 Å². The van der Waals surface area contributed by atoms with Gasteiger partial charge in [0.1, 0.15) is 11.4 Å². The Morgan fingerprint density at radius 3 is 2.61 bits per heavy atom. The summed E-state index contributed by atoms with van der Waals surface area (Å²) < 4.78 is 5.34. The van der Waals surface area contributed by atoms with E-state index in [-0.39, 0.29) is 6.03 Å². The third kappa shape index (κ3) is 4.94. The summed E-state index contributed by atoms with van der Waals surface area (Å²) in [4.78, 5) is 24.1. The summed E-state index contributed by atoms with van der Waals surface area (Å²) in [5, 5.41) is 5.76. The van der Waals surface area contributed by atoms with Crippen LogP contribution < -0.4 is 20.3 Å². The molecular weight excluding hydrogens is 390 g/mol. The Bertz CT molecular complexity index is 1060. The number of hydrogen-bond donors (Lipinski definition) is 2. The zero-order valence-electron chi connectivity index (χ0n) is 17.9. The number of amides is 2. The van der Waals surface area contributed by atoms with Crippen LogP contribution >= 0.6 is 0 Å². The van der Waals surface area contributed by atoms with E-state index in [9.17, 15) is 4.79 Å². The zero-order chi connectivity index (χ0) is 21.6. The molecule has 2 N–H and O–H groups in total. The minimum Gasteiger partial charge on any atom is -0.495 e. The Morgan fingerprint density at radius 1 is 1.00 bits per heavy atom. The van der Waals surface area contributed by atoms with Crippen LogP contribution in [-0.4, -0.2) is 36.2 Å². The second kappa shape index (κ2) is 9.47. The molecule has 3 aromatic rings. The van der Waals surface area contributed by atoms with Crippen LogP contribution in [0.25, 0.3) is 11.3 Å². The van der Waals surface area contributed by atoms with Gasteiger partial charge in [0.15, 0.2) is 5.82 Å². The number of hydrogen-bond acceptors (Lipinski definition) is 5. The van der Waals surface area contributed by atoms with Crippen LogP contribution in [0.2, 0.25) is 0 Å². The number of carbonyl (C=O) groups is 1. The number of methoxy groups -OCH3 is 1. The van der Waals surface area contributed by atoms with E-state index in [2.05, 4.69) is 25.5 Å². The molecule has 31 heavy (non-hydrogen) atoms. The predicted molar refractivity (Wildman–Crippen MR) is 124 cm³/mol. The van der Waals surface area contributed by atoms with Gasteiger partial charge in [-0.15, -0.1) is 0 Å². The lowest BCUT2D eigenvalue weighted by atomic mass is 10.1. The molecule has 7 heteroatoms. The van der Waals surface area contributed by atoms with E-state index in [1.807, 2.05) is 49.4 Å². The monoisotopic (exact) mass is 417 g/mol. The fourth-order valence-electron chi connectivity index (χ4n) is 3.82. The molecule has 160 valence electrons. The third-order valence-electron chi connectivity index (χ3n) is 5.33. The van der Waals surface area contributed by atoms with Gasteiger partial charge in [-0.25, -0.2) is 9.78 Å². The predicted octanol–water partition coefficient (Wildman–Crippen LogP) is 5.09. The quantitative estimate of drug-likeness (QED) is 0.604. The number of nitrogens with one attached hydrogen (secondary N) is 2. The van der Waals surface area contributed by atoms with Crippen LogP contribution in [0.3, 0.4) is 0 Å². The zero-order valence-corrected chi connectivity index (χ0v) is 17.9. The molecule has 1 aliphatic rings. The molecule has 1 aliphatic heterocycles. The van der Waals surface area contributed by atoms with Crippen molar-refractivity contribution in [2.75, 3.05) is 35.7 Å². The van der Waals surface area contributed by atoms with Crippen LogP contribution in [0.5, 0.6) is 5.75 Å². The number of ether oxygens (including phenoxy) is 1. The number of anilines is 3. The molecule has 1 fully saturated rings. The van der Waals surface area contributed by atoms with E-state index in [1.165, 1.54) is 19.3 Å². The van der Waals surface area contributed by atoms with Crippen LogP contribution in [-0.2, 0) is 0 Å². The Morgan fingerprint density at radius 2 is 1.81 bits per heavy atom. The first-order valence-electron chi connectivity index (χ1n) is 10.5. The van der Waals surface area contributed by atoms with Gasteiger partial charge in [0.2, 0.25) is 0 Å². The van der Waals surface area contributed by atoms with E-state index >= 15 is 0 Å². The lowest BCUT2D eigenvalue weighted by molar-refractivity contribution is 0.262. The van der Waals surface area contributed by atoms with Crippen molar-refractivity contribution in [3.05, 3.63) is 60.4 Å². The van der Waals surface area contributed by atoms with E-state index < -0.39 is 0 Å². The summed E-state index contributed by atoms with van der Waals surface area (Å²) >= 11 is 0. The maximum absolute atomic E-state index is 12.6. The van der Waals surface area contributed by atoms with Gasteiger partial charge in [0.25, 0.3) is 0 Å². The van der Waals surface area contributed by atoms with Gasteiger partial charge in [-0.1, -0.05) is 18.2 Å². The van der Waals surface area contributed by atoms with Gasteiger partial charge >= 0.3 is 6.03 Å². The van der Waals surface area contributed by atoms with Crippen molar-refractivity contribution in [1.82, 2.24) is 9.97 Å². The van der Waals surface area contributed by atoms with Crippen molar-refractivity contribution < 1.29 is 9.53 Å².